The van der Waals surface area contributed by atoms with Crippen molar-refractivity contribution < 1.29 is 22.7 Å². The molecule has 4 N–H and O–H groups in total. The monoisotopic (exact) mass is 537 g/mol. The van der Waals surface area contributed by atoms with E-state index in [4.69, 9.17) is 16.3 Å². The van der Waals surface area contributed by atoms with Gasteiger partial charge in [-0.25, -0.2) is 17.8 Å². The van der Waals surface area contributed by atoms with E-state index < -0.39 is 15.8 Å². The lowest BCUT2D eigenvalue weighted by atomic mass is 10.1. The Morgan fingerprint density at radius 3 is 2.53 bits per heavy atom. The summed E-state index contributed by atoms with van der Waals surface area (Å²) in [7, 11) is -2.16. The van der Waals surface area contributed by atoms with Gasteiger partial charge in [0, 0.05) is 19.2 Å². The zero-order valence-corrected chi connectivity index (χ0v) is 21.1. The van der Waals surface area contributed by atoms with Crippen LogP contribution in [0, 0.1) is 5.82 Å². The summed E-state index contributed by atoms with van der Waals surface area (Å²) in [4.78, 5) is 15.2. The first-order valence-corrected chi connectivity index (χ1v) is 13.2. The molecule has 0 atom stereocenters. The van der Waals surface area contributed by atoms with E-state index in [-0.39, 0.29) is 34.3 Å². The molecule has 14 heteroatoms. The van der Waals surface area contributed by atoms with Crippen molar-refractivity contribution in [3.8, 4) is 5.88 Å². The van der Waals surface area contributed by atoms with Crippen molar-refractivity contribution in [2.45, 2.75) is 18.9 Å². The number of ether oxygens (including phenoxy) is 1. The first-order valence-electron chi connectivity index (χ1n) is 10.9. The lowest BCUT2D eigenvalue weighted by molar-refractivity contribution is 0.145. The Hall–Kier alpha value is -3.42. The van der Waals surface area contributed by atoms with Gasteiger partial charge in [-0.2, -0.15) is 9.97 Å². The van der Waals surface area contributed by atoms with E-state index in [0.717, 1.165) is 18.1 Å². The Bertz CT molecular complexity index is 1350. The number of nitrogens with zero attached hydrogens (tertiary/aromatic N) is 4. The molecule has 192 valence electrons. The Kier molecular flexibility index (Phi) is 7.62. The van der Waals surface area contributed by atoms with Gasteiger partial charge in [0.2, 0.25) is 21.9 Å². The number of sulfonamides is 1. The quantitative estimate of drug-likeness (QED) is 0.337. The van der Waals surface area contributed by atoms with Gasteiger partial charge in [-0.3, -0.25) is 4.72 Å². The van der Waals surface area contributed by atoms with Crippen LogP contribution in [0.4, 0.5) is 39.0 Å². The van der Waals surface area contributed by atoms with E-state index in [0.29, 0.717) is 37.5 Å². The number of anilines is 6. The molecule has 0 bridgehead atoms. The van der Waals surface area contributed by atoms with Crippen LogP contribution in [0.2, 0.25) is 5.02 Å². The Labute approximate surface area is 212 Å². The van der Waals surface area contributed by atoms with E-state index >= 15 is 0 Å². The molecular formula is C22H25ClFN7O4S. The van der Waals surface area contributed by atoms with Crippen LogP contribution in [0.25, 0.3) is 0 Å². The molecule has 0 spiro atoms. The first kappa shape index (κ1) is 25.7. The maximum Gasteiger partial charge on any atom is 0.239 e. The summed E-state index contributed by atoms with van der Waals surface area (Å²) >= 11 is 6.25. The largest absolute Gasteiger partial charge is 0.479 e. The Morgan fingerprint density at radius 1 is 1.11 bits per heavy atom. The average Bonchev–Trinajstić information content (AvgIpc) is 2.82. The van der Waals surface area contributed by atoms with Crippen molar-refractivity contribution in [1.82, 2.24) is 15.0 Å². The predicted octanol–water partition coefficient (Wildman–Crippen LogP) is 3.49. The maximum atomic E-state index is 13.7. The van der Waals surface area contributed by atoms with Gasteiger partial charge in [-0.05, 0) is 37.1 Å². The lowest BCUT2D eigenvalue weighted by Gasteiger charge is -2.30. The number of halogens is 2. The summed E-state index contributed by atoms with van der Waals surface area (Å²) < 4.78 is 44.8. The van der Waals surface area contributed by atoms with Gasteiger partial charge in [-0.1, -0.05) is 11.6 Å². The van der Waals surface area contributed by atoms with Gasteiger partial charge in [0.15, 0.2) is 5.82 Å². The molecule has 3 aromatic rings. The third kappa shape index (κ3) is 6.42. The normalized spacial score (nSPS) is 14.4. The van der Waals surface area contributed by atoms with Crippen LogP contribution in [-0.2, 0) is 10.0 Å². The molecule has 1 aliphatic rings. The highest BCUT2D eigenvalue weighted by molar-refractivity contribution is 7.92. The fraction of sp³-hybridized carbons (Fsp3) is 0.318. The van der Waals surface area contributed by atoms with Crippen molar-refractivity contribution in [1.29, 1.82) is 0 Å². The van der Waals surface area contributed by atoms with E-state index in [1.165, 1.54) is 25.4 Å². The van der Waals surface area contributed by atoms with Crippen LogP contribution < -0.4 is 25.0 Å². The number of hydrogen-bond donors (Lipinski definition) is 4. The molecule has 11 nitrogen and oxygen atoms in total. The van der Waals surface area contributed by atoms with Gasteiger partial charge in [0.25, 0.3) is 0 Å². The molecule has 4 rings (SSSR count). The number of piperidine rings is 1. The zero-order chi connectivity index (χ0) is 25.9. The molecule has 0 saturated carbocycles. The summed E-state index contributed by atoms with van der Waals surface area (Å²) in [5.41, 5.74) is 0.741. The SMILES string of the molecule is COc1nc(N2CCC(O)CC2)ccc1Nc1ncc(Cl)c(Nc2ccc(F)cc2NS(C)(=O)=O)n1. The van der Waals surface area contributed by atoms with Crippen molar-refractivity contribution >= 4 is 56.3 Å². The fourth-order valence-electron chi connectivity index (χ4n) is 3.63. The second kappa shape index (κ2) is 10.7. The van der Waals surface area contributed by atoms with Crippen LogP contribution in [0.1, 0.15) is 12.8 Å². The molecule has 2 aromatic heterocycles. The van der Waals surface area contributed by atoms with Crippen molar-refractivity contribution in [2.75, 3.05) is 46.7 Å². The van der Waals surface area contributed by atoms with Gasteiger partial charge in [0.1, 0.15) is 22.3 Å². The minimum atomic E-state index is -3.66. The standard InChI is InChI=1S/C22H25ClFN7O4S/c1-35-21-17(5-6-19(28-21)31-9-7-14(32)8-10-31)27-22-25-12-15(23)20(29-22)26-16-4-3-13(24)11-18(16)30-36(2,33)34/h3-6,11-12,14,30,32H,7-10H2,1-2H3,(H2,25,26,27,29). The molecule has 0 amide bonds. The number of benzene rings is 1. The lowest BCUT2D eigenvalue weighted by Crippen LogP contribution is -2.36. The fourth-order valence-corrected chi connectivity index (χ4v) is 4.33. The minimum absolute atomic E-state index is 0.00613. The third-order valence-corrected chi connectivity index (χ3v) is 6.22. The maximum absolute atomic E-state index is 13.7. The van der Waals surface area contributed by atoms with E-state index in [1.807, 2.05) is 6.07 Å². The second-order valence-electron chi connectivity index (χ2n) is 8.15. The average molecular weight is 538 g/mol. The number of methoxy groups -OCH3 is 1. The van der Waals surface area contributed by atoms with E-state index in [1.54, 1.807) is 6.07 Å². The molecule has 0 radical (unpaired) electrons. The van der Waals surface area contributed by atoms with Crippen LogP contribution in [-0.4, -0.2) is 61.0 Å². The van der Waals surface area contributed by atoms with Crippen molar-refractivity contribution in [3.05, 3.63) is 47.4 Å². The molecule has 1 saturated heterocycles. The number of nitrogens with one attached hydrogen (secondary N) is 3. The number of pyridine rings is 1. The van der Waals surface area contributed by atoms with Gasteiger partial charge < -0.3 is 25.4 Å². The second-order valence-corrected chi connectivity index (χ2v) is 10.3. The number of hydrogen-bond acceptors (Lipinski definition) is 10. The topological polar surface area (TPSA) is 142 Å². The number of aromatic nitrogens is 3. The summed E-state index contributed by atoms with van der Waals surface area (Å²) in [6, 6.07) is 7.19. The summed E-state index contributed by atoms with van der Waals surface area (Å²) in [5, 5.41) is 15.8. The molecule has 0 unspecified atom stereocenters. The molecule has 0 aliphatic carbocycles. The van der Waals surface area contributed by atoms with Crippen LogP contribution in [0.3, 0.4) is 0 Å². The molecule has 1 aromatic carbocycles. The highest BCUT2D eigenvalue weighted by atomic mass is 35.5. The summed E-state index contributed by atoms with van der Waals surface area (Å²) in [5.74, 6) is 0.755. The van der Waals surface area contributed by atoms with Crippen molar-refractivity contribution in [3.63, 3.8) is 0 Å². The molecule has 3 heterocycles. The minimum Gasteiger partial charge on any atom is -0.479 e. The third-order valence-electron chi connectivity index (χ3n) is 5.35. The highest BCUT2D eigenvalue weighted by Crippen LogP contribution is 2.32. The first-order chi connectivity index (χ1) is 17.1. The molecule has 36 heavy (non-hydrogen) atoms. The molecule has 1 aliphatic heterocycles. The van der Waals surface area contributed by atoms with Gasteiger partial charge in [-0.15, -0.1) is 0 Å². The van der Waals surface area contributed by atoms with Crippen molar-refractivity contribution in [2.24, 2.45) is 0 Å². The van der Waals surface area contributed by atoms with Gasteiger partial charge >= 0.3 is 0 Å². The van der Waals surface area contributed by atoms with Crippen LogP contribution in [0.15, 0.2) is 36.5 Å². The van der Waals surface area contributed by atoms with Crippen LogP contribution >= 0.6 is 11.6 Å². The summed E-state index contributed by atoms with van der Waals surface area (Å²) in [6.07, 6.45) is 3.38. The highest BCUT2D eigenvalue weighted by Gasteiger charge is 2.20. The molecular weight excluding hydrogens is 513 g/mol. The number of rotatable bonds is 8. The summed E-state index contributed by atoms with van der Waals surface area (Å²) in [6.45, 7) is 1.39. The Balaban J connectivity index is 1.56. The Morgan fingerprint density at radius 2 is 1.83 bits per heavy atom. The number of aliphatic hydroxyl groups is 1. The number of aliphatic hydroxyl groups excluding tert-OH is 1. The van der Waals surface area contributed by atoms with Crippen LogP contribution in [0.5, 0.6) is 5.88 Å². The smallest absolute Gasteiger partial charge is 0.239 e. The van der Waals surface area contributed by atoms with Gasteiger partial charge in [0.05, 0.1) is 37.0 Å². The molecule has 1 fully saturated rings. The van der Waals surface area contributed by atoms with E-state index in [9.17, 15) is 17.9 Å². The predicted molar refractivity (Wildman–Crippen MR) is 137 cm³/mol. The van der Waals surface area contributed by atoms with E-state index in [2.05, 4.69) is 35.2 Å². The zero-order valence-electron chi connectivity index (χ0n) is 19.5.